The lowest BCUT2D eigenvalue weighted by atomic mass is 10.1. The van der Waals surface area contributed by atoms with Gasteiger partial charge in [0.1, 0.15) is 5.75 Å². The molecule has 0 bridgehead atoms. The van der Waals surface area contributed by atoms with Crippen molar-refractivity contribution in [1.82, 2.24) is 5.32 Å². The number of benzene rings is 1. The molecule has 7 heteroatoms. The van der Waals surface area contributed by atoms with E-state index in [-0.39, 0.29) is 12.4 Å². The van der Waals surface area contributed by atoms with Gasteiger partial charge in [-0.15, -0.1) is 23.7 Å². The van der Waals surface area contributed by atoms with Crippen LogP contribution >= 0.6 is 39.7 Å². The summed E-state index contributed by atoms with van der Waals surface area (Å²) in [6.45, 7) is 1.50. The zero-order chi connectivity index (χ0) is 15.2. The molecule has 0 aliphatic carbocycles. The molecule has 1 N–H and O–H groups in total. The number of hydrogen-bond acceptors (Lipinski definition) is 5. The lowest BCUT2D eigenvalue weighted by Gasteiger charge is -2.14. The monoisotopic (exact) mass is 407 g/mol. The van der Waals surface area contributed by atoms with E-state index in [1.54, 1.807) is 32.7 Å². The molecule has 0 radical (unpaired) electrons. The number of ether oxygens (including phenoxy) is 3. The van der Waals surface area contributed by atoms with Gasteiger partial charge in [-0.1, -0.05) is 0 Å². The molecule has 0 amide bonds. The molecule has 2 aromatic rings. The summed E-state index contributed by atoms with van der Waals surface area (Å²) in [7, 11) is 4.90. The molecule has 0 unspecified atom stereocenters. The van der Waals surface area contributed by atoms with Crippen LogP contribution in [0.15, 0.2) is 27.4 Å². The van der Waals surface area contributed by atoms with Crippen LogP contribution in [0.5, 0.6) is 17.2 Å². The molecule has 0 atom stereocenters. The molecule has 0 aliphatic heterocycles. The van der Waals surface area contributed by atoms with Gasteiger partial charge < -0.3 is 19.5 Å². The van der Waals surface area contributed by atoms with Crippen molar-refractivity contribution in [2.45, 2.75) is 13.1 Å². The molecule has 0 spiro atoms. The van der Waals surface area contributed by atoms with Gasteiger partial charge in [0.2, 0.25) is 0 Å². The number of hydrogen-bond donors (Lipinski definition) is 1. The van der Waals surface area contributed by atoms with Crippen LogP contribution in [0.4, 0.5) is 0 Å². The van der Waals surface area contributed by atoms with Crippen LogP contribution in [0.1, 0.15) is 11.1 Å². The highest BCUT2D eigenvalue weighted by Gasteiger charge is 2.11. The summed E-state index contributed by atoms with van der Waals surface area (Å²) in [6.07, 6.45) is 0. The van der Waals surface area contributed by atoms with Gasteiger partial charge in [-0.2, -0.15) is 0 Å². The molecule has 4 nitrogen and oxygen atoms in total. The lowest BCUT2D eigenvalue weighted by Crippen LogP contribution is -2.13. The minimum atomic E-state index is 0. The Balaban J connectivity index is 0.00000242. The van der Waals surface area contributed by atoms with Crippen molar-refractivity contribution < 1.29 is 14.2 Å². The van der Waals surface area contributed by atoms with Crippen LogP contribution < -0.4 is 19.5 Å². The molecular weight excluding hydrogens is 390 g/mol. The van der Waals surface area contributed by atoms with E-state index in [0.29, 0.717) is 18.0 Å². The molecule has 0 fully saturated rings. The molecule has 0 aliphatic rings. The maximum absolute atomic E-state index is 5.41. The minimum absolute atomic E-state index is 0. The molecule has 1 aromatic carbocycles. The Labute approximate surface area is 149 Å². The van der Waals surface area contributed by atoms with Crippen molar-refractivity contribution >= 4 is 39.7 Å². The average molecular weight is 409 g/mol. The normalized spacial score (nSPS) is 10.0. The molecule has 0 saturated carbocycles. The first kappa shape index (κ1) is 19.1. The second-order valence-corrected chi connectivity index (χ2v) is 6.67. The molecular formula is C15H19BrClNO3S. The van der Waals surface area contributed by atoms with Crippen molar-refractivity contribution in [3.63, 3.8) is 0 Å². The standard InChI is InChI=1S/C15H18BrNO3S.ClH/c1-18-12-6-14(20-3)13(19-2)5-11(12)8-17-7-10-4-15(16)21-9-10;/h4-6,9,17H,7-8H2,1-3H3;1H. The summed E-state index contributed by atoms with van der Waals surface area (Å²) >= 11 is 5.15. The topological polar surface area (TPSA) is 39.7 Å². The molecule has 1 heterocycles. The Morgan fingerprint density at radius 3 is 2.14 bits per heavy atom. The summed E-state index contributed by atoms with van der Waals surface area (Å²) in [5, 5.41) is 5.53. The van der Waals surface area contributed by atoms with E-state index in [4.69, 9.17) is 14.2 Å². The number of thiophene rings is 1. The zero-order valence-corrected chi connectivity index (χ0v) is 15.9. The highest BCUT2D eigenvalue weighted by atomic mass is 79.9. The Morgan fingerprint density at radius 1 is 0.955 bits per heavy atom. The van der Waals surface area contributed by atoms with E-state index in [9.17, 15) is 0 Å². The Hall–Kier alpha value is -0.950. The van der Waals surface area contributed by atoms with Gasteiger partial charge in [-0.25, -0.2) is 0 Å². The molecule has 1 aromatic heterocycles. The first-order chi connectivity index (χ1) is 10.2. The predicted octanol–water partition coefficient (Wildman–Crippen LogP) is 4.25. The second-order valence-electron chi connectivity index (χ2n) is 4.38. The van der Waals surface area contributed by atoms with Crippen LogP contribution in [0.2, 0.25) is 0 Å². The van der Waals surface area contributed by atoms with E-state index in [1.165, 1.54) is 5.56 Å². The largest absolute Gasteiger partial charge is 0.496 e. The van der Waals surface area contributed by atoms with Gasteiger partial charge in [0.25, 0.3) is 0 Å². The molecule has 0 saturated heterocycles. The van der Waals surface area contributed by atoms with Crippen LogP contribution in [-0.2, 0) is 13.1 Å². The van der Waals surface area contributed by atoms with E-state index in [2.05, 4.69) is 32.7 Å². The van der Waals surface area contributed by atoms with Crippen LogP contribution in [0.3, 0.4) is 0 Å². The quantitative estimate of drug-likeness (QED) is 0.743. The van der Waals surface area contributed by atoms with Crippen molar-refractivity contribution in [2.24, 2.45) is 0 Å². The number of nitrogens with one attached hydrogen (secondary N) is 1. The van der Waals surface area contributed by atoms with Crippen LogP contribution in [-0.4, -0.2) is 21.3 Å². The van der Waals surface area contributed by atoms with Gasteiger partial charge in [0.15, 0.2) is 11.5 Å². The van der Waals surface area contributed by atoms with Gasteiger partial charge in [0.05, 0.1) is 25.1 Å². The molecule has 2 rings (SSSR count). The highest BCUT2D eigenvalue weighted by Crippen LogP contribution is 2.34. The Morgan fingerprint density at radius 2 is 1.59 bits per heavy atom. The second kappa shape index (κ2) is 9.25. The molecule has 22 heavy (non-hydrogen) atoms. The first-order valence-corrected chi connectivity index (χ1v) is 8.07. The van der Waals surface area contributed by atoms with Crippen molar-refractivity contribution in [3.8, 4) is 17.2 Å². The molecule has 122 valence electrons. The SMILES string of the molecule is COc1cc(OC)c(OC)cc1CNCc1csc(Br)c1.Cl. The third-order valence-electron chi connectivity index (χ3n) is 3.05. The maximum atomic E-state index is 5.41. The Kier molecular flexibility index (Phi) is 8.03. The zero-order valence-electron chi connectivity index (χ0n) is 12.6. The van der Waals surface area contributed by atoms with E-state index in [1.807, 2.05) is 12.1 Å². The van der Waals surface area contributed by atoms with Crippen molar-refractivity contribution in [1.29, 1.82) is 0 Å². The fourth-order valence-electron chi connectivity index (χ4n) is 2.01. The van der Waals surface area contributed by atoms with Gasteiger partial charge in [-0.05, 0) is 39.0 Å². The first-order valence-electron chi connectivity index (χ1n) is 6.40. The number of methoxy groups -OCH3 is 3. The fourth-order valence-corrected chi connectivity index (χ4v) is 3.22. The lowest BCUT2D eigenvalue weighted by molar-refractivity contribution is 0.347. The van der Waals surface area contributed by atoms with Crippen LogP contribution in [0, 0.1) is 0 Å². The van der Waals surface area contributed by atoms with Crippen molar-refractivity contribution in [3.05, 3.63) is 38.5 Å². The summed E-state index contributed by atoms with van der Waals surface area (Å²) < 4.78 is 17.2. The minimum Gasteiger partial charge on any atom is -0.496 e. The number of halogens is 2. The van der Waals surface area contributed by atoms with E-state index < -0.39 is 0 Å². The van der Waals surface area contributed by atoms with Gasteiger partial charge in [0, 0.05) is 24.7 Å². The summed E-state index contributed by atoms with van der Waals surface area (Å²) in [6, 6.07) is 5.90. The third kappa shape index (κ3) is 4.78. The van der Waals surface area contributed by atoms with E-state index >= 15 is 0 Å². The summed E-state index contributed by atoms with van der Waals surface area (Å²) in [5.41, 5.74) is 2.29. The van der Waals surface area contributed by atoms with Crippen molar-refractivity contribution in [2.75, 3.05) is 21.3 Å². The van der Waals surface area contributed by atoms with Gasteiger partial charge in [-0.3, -0.25) is 0 Å². The van der Waals surface area contributed by atoms with Gasteiger partial charge >= 0.3 is 0 Å². The number of rotatable bonds is 7. The maximum Gasteiger partial charge on any atom is 0.164 e. The smallest absolute Gasteiger partial charge is 0.164 e. The fraction of sp³-hybridized carbons (Fsp3) is 0.333. The summed E-state index contributed by atoms with van der Waals surface area (Å²) in [5.74, 6) is 2.15. The highest BCUT2D eigenvalue weighted by molar-refractivity contribution is 9.11. The predicted molar refractivity (Wildman–Crippen MR) is 95.9 cm³/mol. The Bertz CT molecular complexity index is 606. The average Bonchev–Trinajstić information content (AvgIpc) is 2.92. The third-order valence-corrected chi connectivity index (χ3v) is 4.61. The van der Waals surface area contributed by atoms with E-state index in [0.717, 1.165) is 21.6 Å². The van der Waals surface area contributed by atoms with Crippen LogP contribution in [0.25, 0.3) is 0 Å². The summed E-state index contributed by atoms with van der Waals surface area (Å²) in [4.78, 5) is 0.